The first-order valence-electron chi connectivity index (χ1n) is 8.78. The molecule has 4 rings (SSSR count). The van der Waals surface area contributed by atoms with E-state index in [2.05, 4.69) is 25.1 Å². The summed E-state index contributed by atoms with van der Waals surface area (Å²) in [7, 11) is 0. The molecule has 2 aromatic rings. The number of hydrogen-bond donors (Lipinski definition) is 0. The lowest BCUT2D eigenvalue weighted by atomic mass is 9.85. The summed E-state index contributed by atoms with van der Waals surface area (Å²) in [5.74, 6) is 0.211. The van der Waals surface area contributed by atoms with Gasteiger partial charge in [0.2, 0.25) is 5.91 Å². The van der Waals surface area contributed by atoms with Crippen molar-refractivity contribution in [2.75, 3.05) is 0 Å². The van der Waals surface area contributed by atoms with E-state index in [0.717, 1.165) is 30.5 Å². The van der Waals surface area contributed by atoms with Gasteiger partial charge in [-0.25, -0.2) is 5.01 Å². The third-order valence-electron chi connectivity index (χ3n) is 5.25. The molecule has 0 fully saturated rings. The smallest absolute Gasteiger partial charge is 0.240 e. The van der Waals surface area contributed by atoms with Gasteiger partial charge >= 0.3 is 0 Å². The van der Waals surface area contributed by atoms with E-state index < -0.39 is 0 Å². The largest absolute Gasteiger partial charge is 0.273 e. The van der Waals surface area contributed by atoms with Crippen LogP contribution >= 0.6 is 11.6 Å². The van der Waals surface area contributed by atoms with Gasteiger partial charge in [0.15, 0.2) is 0 Å². The molecule has 1 amide bonds. The Kier molecular flexibility index (Phi) is 4.12. The average molecular weight is 353 g/mol. The quantitative estimate of drug-likeness (QED) is 0.717. The number of hydrazone groups is 1. The third kappa shape index (κ3) is 2.87. The van der Waals surface area contributed by atoms with E-state index in [4.69, 9.17) is 16.7 Å². The first kappa shape index (κ1) is 16.3. The molecule has 1 aliphatic carbocycles. The summed E-state index contributed by atoms with van der Waals surface area (Å²) in [4.78, 5) is 12.3. The maximum atomic E-state index is 12.3. The number of carbonyl (C=O) groups excluding carboxylic acids is 1. The Hall–Kier alpha value is -2.13. The second kappa shape index (κ2) is 6.30. The third-order valence-corrected chi connectivity index (χ3v) is 5.50. The van der Waals surface area contributed by atoms with Crippen LogP contribution in [0.25, 0.3) is 0 Å². The zero-order valence-electron chi connectivity index (χ0n) is 14.5. The molecule has 0 saturated heterocycles. The van der Waals surface area contributed by atoms with E-state index >= 15 is 0 Å². The Labute approximate surface area is 153 Å². The van der Waals surface area contributed by atoms with Crippen LogP contribution in [0.15, 0.2) is 47.6 Å². The van der Waals surface area contributed by atoms with Crippen LogP contribution < -0.4 is 0 Å². The SMILES string of the molecule is CC(=O)N1N=C2c3cc(C)ccc3CCC[C@H]2[C@@H]1c1ccc(Cl)cc1. The number of fused-ring (bicyclic) bond motifs is 3. The van der Waals surface area contributed by atoms with Gasteiger partial charge in [0, 0.05) is 23.4 Å². The average Bonchev–Trinajstić information content (AvgIpc) is 2.88. The fourth-order valence-corrected chi connectivity index (χ4v) is 4.21. The van der Waals surface area contributed by atoms with E-state index in [1.54, 1.807) is 11.9 Å². The van der Waals surface area contributed by atoms with Crippen LogP contribution in [0.4, 0.5) is 0 Å². The fourth-order valence-electron chi connectivity index (χ4n) is 4.08. The van der Waals surface area contributed by atoms with Crippen molar-refractivity contribution in [1.82, 2.24) is 5.01 Å². The van der Waals surface area contributed by atoms with Crippen molar-refractivity contribution in [3.63, 3.8) is 0 Å². The summed E-state index contributed by atoms with van der Waals surface area (Å²) >= 11 is 6.06. The van der Waals surface area contributed by atoms with Crippen molar-refractivity contribution in [3.8, 4) is 0 Å². The van der Waals surface area contributed by atoms with E-state index in [9.17, 15) is 4.79 Å². The van der Waals surface area contributed by atoms with Crippen molar-refractivity contribution in [2.24, 2.45) is 11.0 Å². The first-order chi connectivity index (χ1) is 12.0. The molecule has 2 aromatic carbocycles. The molecule has 3 nitrogen and oxygen atoms in total. The standard InChI is InChI=1S/C21H21ClN2O/c1-13-6-7-15-4-3-5-18-20(19(15)12-13)23-24(14(2)25)21(18)16-8-10-17(22)11-9-16/h6-12,18,21H,3-5H2,1-2H3/t18-,21+/m1/s1. The molecule has 0 bridgehead atoms. The Morgan fingerprint density at radius 2 is 1.96 bits per heavy atom. The lowest BCUT2D eigenvalue weighted by molar-refractivity contribution is -0.131. The Morgan fingerprint density at radius 3 is 2.68 bits per heavy atom. The molecular formula is C21H21ClN2O. The number of aryl methyl sites for hydroxylation is 2. The van der Waals surface area contributed by atoms with Crippen LogP contribution in [0.3, 0.4) is 0 Å². The molecule has 0 radical (unpaired) electrons. The fraction of sp³-hybridized carbons (Fsp3) is 0.333. The van der Waals surface area contributed by atoms with Crippen LogP contribution in [0.5, 0.6) is 0 Å². The lowest BCUT2D eigenvalue weighted by Gasteiger charge is -2.26. The molecule has 0 unspecified atom stereocenters. The van der Waals surface area contributed by atoms with Gasteiger partial charge in [-0.2, -0.15) is 5.10 Å². The van der Waals surface area contributed by atoms with Gasteiger partial charge < -0.3 is 0 Å². The number of amides is 1. The van der Waals surface area contributed by atoms with Crippen LogP contribution in [-0.4, -0.2) is 16.6 Å². The minimum absolute atomic E-state index is 0.0188. The summed E-state index contributed by atoms with van der Waals surface area (Å²) < 4.78 is 0. The Balaban J connectivity index is 1.84. The predicted octanol–water partition coefficient (Wildman–Crippen LogP) is 4.91. The van der Waals surface area contributed by atoms with Crippen molar-refractivity contribution >= 4 is 23.2 Å². The molecule has 0 aromatic heterocycles. The molecule has 0 saturated carbocycles. The second-order valence-electron chi connectivity index (χ2n) is 7.00. The number of nitrogens with zero attached hydrogens (tertiary/aromatic N) is 2. The second-order valence-corrected chi connectivity index (χ2v) is 7.44. The summed E-state index contributed by atoms with van der Waals surface area (Å²) in [6.45, 7) is 3.70. The number of rotatable bonds is 1. The molecule has 2 aliphatic rings. The first-order valence-corrected chi connectivity index (χ1v) is 9.16. The van der Waals surface area contributed by atoms with Gasteiger partial charge in [-0.05, 0) is 55.5 Å². The van der Waals surface area contributed by atoms with Crippen LogP contribution in [0.1, 0.15) is 48.1 Å². The van der Waals surface area contributed by atoms with Gasteiger partial charge in [-0.15, -0.1) is 0 Å². The van der Waals surface area contributed by atoms with Crippen molar-refractivity contribution in [1.29, 1.82) is 0 Å². The van der Waals surface area contributed by atoms with E-state index in [-0.39, 0.29) is 17.9 Å². The highest BCUT2D eigenvalue weighted by molar-refractivity contribution is 6.30. The van der Waals surface area contributed by atoms with Gasteiger partial charge in [0.25, 0.3) is 0 Å². The number of hydrogen-bond acceptors (Lipinski definition) is 2. The van der Waals surface area contributed by atoms with Gasteiger partial charge in [-0.1, -0.05) is 41.4 Å². The highest BCUT2D eigenvalue weighted by Gasteiger charge is 2.41. The van der Waals surface area contributed by atoms with Crippen molar-refractivity contribution in [3.05, 3.63) is 69.7 Å². The molecule has 1 aliphatic heterocycles. The molecule has 1 heterocycles. The zero-order chi connectivity index (χ0) is 17.6. The van der Waals surface area contributed by atoms with E-state index in [1.807, 2.05) is 24.3 Å². The molecule has 0 spiro atoms. The lowest BCUT2D eigenvalue weighted by Crippen LogP contribution is -2.29. The normalized spacial score (nSPS) is 22.0. The predicted molar refractivity (Wildman–Crippen MR) is 101 cm³/mol. The van der Waals surface area contributed by atoms with Crippen LogP contribution in [0, 0.1) is 12.8 Å². The monoisotopic (exact) mass is 352 g/mol. The molecule has 4 heteroatoms. The Bertz CT molecular complexity index is 857. The summed E-state index contributed by atoms with van der Waals surface area (Å²) in [6, 6.07) is 14.4. The maximum absolute atomic E-state index is 12.3. The summed E-state index contributed by atoms with van der Waals surface area (Å²) in [5, 5.41) is 7.17. The minimum atomic E-state index is -0.0452. The van der Waals surface area contributed by atoms with Crippen LogP contribution in [0.2, 0.25) is 5.02 Å². The summed E-state index contributed by atoms with van der Waals surface area (Å²) in [5.41, 5.74) is 5.94. The van der Waals surface area contributed by atoms with Crippen molar-refractivity contribution < 1.29 is 4.79 Å². The molecule has 25 heavy (non-hydrogen) atoms. The van der Waals surface area contributed by atoms with E-state index in [0.29, 0.717) is 5.02 Å². The molecule has 128 valence electrons. The molecule has 2 atom stereocenters. The topological polar surface area (TPSA) is 32.7 Å². The van der Waals surface area contributed by atoms with Gasteiger partial charge in [-0.3, -0.25) is 4.79 Å². The molecular weight excluding hydrogens is 332 g/mol. The number of halogens is 1. The number of benzene rings is 2. The molecule has 0 N–H and O–H groups in total. The summed E-state index contributed by atoms with van der Waals surface area (Å²) in [6.07, 6.45) is 3.21. The Morgan fingerprint density at radius 1 is 1.20 bits per heavy atom. The van der Waals surface area contributed by atoms with E-state index in [1.165, 1.54) is 16.7 Å². The minimum Gasteiger partial charge on any atom is -0.273 e. The van der Waals surface area contributed by atoms with Crippen molar-refractivity contribution in [2.45, 2.75) is 39.2 Å². The highest BCUT2D eigenvalue weighted by Crippen LogP contribution is 2.43. The number of carbonyl (C=O) groups is 1. The van der Waals surface area contributed by atoms with Crippen LogP contribution in [-0.2, 0) is 11.2 Å². The van der Waals surface area contributed by atoms with Gasteiger partial charge in [0.1, 0.15) is 0 Å². The highest BCUT2D eigenvalue weighted by atomic mass is 35.5. The zero-order valence-corrected chi connectivity index (χ0v) is 15.3. The maximum Gasteiger partial charge on any atom is 0.240 e. The van der Waals surface area contributed by atoms with Gasteiger partial charge in [0.05, 0.1) is 11.8 Å².